The zero-order chi connectivity index (χ0) is 23.2. The Kier molecular flexibility index (Phi) is 6.07. The molecule has 0 radical (unpaired) electrons. The number of hydrogen-bond acceptors (Lipinski definition) is 3. The van der Waals surface area contributed by atoms with Crippen molar-refractivity contribution < 1.29 is 14.3 Å². The van der Waals surface area contributed by atoms with Gasteiger partial charge >= 0.3 is 5.97 Å². The van der Waals surface area contributed by atoms with E-state index in [2.05, 4.69) is 19.2 Å². The zero-order valence-electron chi connectivity index (χ0n) is 20.6. The number of rotatable bonds is 4. The Morgan fingerprint density at radius 3 is 2.42 bits per heavy atom. The first kappa shape index (κ1) is 22.9. The van der Waals surface area contributed by atoms with Crippen LogP contribution in [0.25, 0.3) is 0 Å². The van der Waals surface area contributed by atoms with Crippen LogP contribution >= 0.6 is 0 Å². The van der Waals surface area contributed by atoms with E-state index in [-0.39, 0.29) is 23.4 Å². The first-order valence-corrected chi connectivity index (χ1v) is 13.4. The van der Waals surface area contributed by atoms with Crippen molar-refractivity contribution in [2.75, 3.05) is 0 Å². The summed E-state index contributed by atoms with van der Waals surface area (Å²) in [6.45, 7) is 6.98. The van der Waals surface area contributed by atoms with Gasteiger partial charge in [0.15, 0.2) is 0 Å². The maximum Gasteiger partial charge on any atom is 0.338 e. The normalized spacial score (nSPS) is 41.9. The lowest BCUT2D eigenvalue weighted by Crippen LogP contribution is -2.56. The van der Waals surface area contributed by atoms with Crippen LogP contribution in [0.2, 0.25) is 0 Å². The second kappa shape index (κ2) is 8.74. The van der Waals surface area contributed by atoms with E-state index in [1.807, 2.05) is 37.3 Å². The van der Waals surface area contributed by atoms with Crippen LogP contribution in [0.1, 0.15) is 95.3 Å². The molecular weight excluding hydrogens is 410 g/mol. The third kappa shape index (κ3) is 3.91. The molecule has 1 aromatic carbocycles. The number of fused-ring (bicyclic) bond motifs is 5. The zero-order valence-corrected chi connectivity index (χ0v) is 20.6. The lowest BCUT2D eigenvalue weighted by Gasteiger charge is -2.61. The molecule has 4 aliphatic rings. The summed E-state index contributed by atoms with van der Waals surface area (Å²) in [7, 11) is 0. The van der Waals surface area contributed by atoms with Crippen molar-refractivity contribution in [3.05, 3.63) is 35.9 Å². The molecule has 1 aromatic rings. The van der Waals surface area contributed by atoms with Gasteiger partial charge < -0.3 is 10.1 Å². The Morgan fingerprint density at radius 1 is 0.939 bits per heavy atom. The van der Waals surface area contributed by atoms with Crippen LogP contribution in [0.3, 0.4) is 0 Å². The van der Waals surface area contributed by atoms with Gasteiger partial charge in [-0.3, -0.25) is 4.79 Å². The third-order valence-corrected chi connectivity index (χ3v) is 10.6. The molecule has 1 N–H and O–H groups in total. The molecule has 8 atom stereocenters. The highest BCUT2D eigenvalue weighted by molar-refractivity contribution is 5.89. The summed E-state index contributed by atoms with van der Waals surface area (Å²) in [6, 6.07) is 9.77. The van der Waals surface area contributed by atoms with Crippen LogP contribution in [-0.2, 0) is 9.53 Å². The number of ether oxygens (including phenoxy) is 1. The summed E-state index contributed by atoms with van der Waals surface area (Å²) >= 11 is 0. The molecule has 0 bridgehead atoms. The van der Waals surface area contributed by atoms with Crippen LogP contribution in [0.4, 0.5) is 0 Å². The second-order valence-corrected chi connectivity index (χ2v) is 11.9. The highest BCUT2D eigenvalue weighted by atomic mass is 16.5. The Hall–Kier alpha value is -1.84. The quantitative estimate of drug-likeness (QED) is 0.559. The first-order chi connectivity index (χ1) is 15.8. The largest absolute Gasteiger partial charge is 0.459 e. The van der Waals surface area contributed by atoms with Gasteiger partial charge in [-0.2, -0.15) is 0 Å². The van der Waals surface area contributed by atoms with E-state index < -0.39 is 0 Å². The molecule has 5 rings (SSSR count). The van der Waals surface area contributed by atoms with Gasteiger partial charge in [-0.15, -0.1) is 0 Å². The van der Waals surface area contributed by atoms with Gasteiger partial charge in [0.25, 0.3) is 0 Å². The van der Waals surface area contributed by atoms with Gasteiger partial charge in [-0.25, -0.2) is 4.79 Å². The molecule has 180 valence electrons. The molecule has 0 saturated heterocycles. The second-order valence-electron chi connectivity index (χ2n) is 11.9. The molecule has 1 amide bonds. The number of benzene rings is 1. The lowest BCUT2D eigenvalue weighted by atomic mass is 9.45. The van der Waals surface area contributed by atoms with Gasteiger partial charge in [0, 0.05) is 12.5 Å². The van der Waals surface area contributed by atoms with E-state index in [0.717, 1.165) is 37.0 Å². The predicted molar refractivity (Wildman–Crippen MR) is 130 cm³/mol. The number of amides is 1. The fourth-order valence-electron chi connectivity index (χ4n) is 8.65. The van der Waals surface area contributed by atoms with E-state index in [1.54, 1.807) is 0 Å². The van der Waals surface area contributed by atoms with E-state index in [4.69, 9.17) is 4.74 Å². The van der Waals surface area contributed by atoms with Crippen molar-refractivity contribution >= 4 is 11.9 Å². The lowest BCUT2D eigenvalue weighted by molar-refractivity contribution is -0.130. The maximum absolute atomic E-state index is 12.6. The summed E-state index contributed by atoms with van der Waals surface area (Å²) in [4.78, 5) is 24.8. The highest BCUT2D eigenvalue weighted by Gasteiger charge is 2.60. The van der Waals surface area contributed by atoms with Crippen molar-refractivity contribution in [1.82, 2.24) is 5.32 Å². The molecule has 4 heteroatoms. The minimum atomic E-state index is -0.169. The van der Waals surface area contributed by atoms with Crippen molar-refractivity contribution in [2.45, 2.75) is 97.1 Å². The number of carbonyl (C=O) groups excluding carboxylic acids is 2. The van der Waals surface area contributed by atoms with E-state index >= 15 is 0 Å². The fraction of sp³-hybridized carbons (Fsp3) is 0.724. The SMILES string of the molecule is CCC(=O)N[C@H]1CC[C@H]2[C@@H]3CC[C@H]4C[C@H](OC(=O)c5ccccc5)CC[C@]4(C)[C@H]3CC[C@]12C. The topological polar surface area (TPSA) is 55.4 Å². The van der Waals surface area contributed by atoms with Crippen molar-refractivity contribution in [1.29, 1.82) is 0 Å². The van der Waals surface area contributed by atoms with Crippen molar-refractivity contribution in [2.24, 2.45) is 34.5 Å². The summed E-state index contributed by atoms with van der Waals surface area (Å²) in [5.74, 6) is 3.00. The molecule has 33 heavy (non-hydrogen) atoms. The Labute approximate surface area is 199 Å². The van der Waals surface area contributed by atoms with Crippen LogP contribution in [-0.4, -0.2) is 24.0 Å². The first-order valence-electron chi connectivity index (χ1n) is 13.4. The minimum Gasteiger partial charge on any atom is -0.459 e. The number of hydrogen-bond donors (Lipinski definition) is 1. The van der Waals surface area contributed by atoms with Crippen molar-refractivity contribution in [3.8, 4) is 0 Å². The molecule has 0 aromatic heterocycles. The summed E-state index contributed by atoms with van der Waals surface area (Å²) in [5, 5.41) is 3.38. The standard InChI is InChI=1S/C29H41NO3/c1-4-26(31)30-25-13-12-23-22-11-10-20-18-21(33-27(32)19-8-6-5-7-9-19)14-16-28(20,2)24(22)15-17-29(23,25)3/h5-9,20-25H,4,10-18H2,1-3H3,(H,30,31)/t20-,21+,22-,23-,24-,25-,28-,29-/m0/s1. The molecule has 4 aliphatic carbocycles. The minimum absolute atomic E-state index is 0.0568. The van der Waals surface area contributed by atoms with Crippen molar-refractivity contribution in [3.63, 3.8) is 0 Å². The van der Waals surface area contributed by atoms with Crippen LogP contribution < -0.4 is 5.32 Å². The molecular formula is C29H41NO3. The molecule has 0 aliphatic heterocycles. The van der Waals surface area contributed by atoms with Gasteiger partial charge in [-0.05, 0) is 104 Å². The Bertz CT molecular complexity index is 884. The Morgan fingerprint density at radius 2 is 1.67 bits per heavy atom. The van der Waals surface area contributed by atoms with Crippen LogP contribution in [0.5, 0.6) is 0 Å². The average molecular weight is 452 g/mol. The summed E-state index contributed by atoms with van der Waals surface area (Å²) < 4.78 is 5.98. The molecule has 4 saturated carbocycles. The van der Waals surface area contributed by atoms with Crippen LogP contribution in [0, 0.1) is 34.5 Å². The number of esters is 1. The predicted octanol–water partition coefficient (Wildman–Crippen LogP) is 6.15. The monoisotopic (exact) mass is 451 g/mol. The number of nitrogens with one attached hydrogen (secondary N) is 1. The average Bonchev–Trinajstić information content (AvgIpc) is 3.15. The molecule has 0 unspecified atom stereocenters. The van der Waals surface area contributed by atoms with E-state index in [0.29, 0.717) is 29.4 Å². The smallest absolute Gasteiger partial charge is 0.338 e. The van der Waals surface area contributed by atoms with Crippen LogP contribution in [0.15, 0.2) is 30.3 Å². The molecule has 4 nitrogen and oxygen atoms in total. The Balaban J connectivity index is 1.26. The molecule has 0 spiro atoms. The van der Waals surface area contributed by atoms with E-state index in [9.17, 15) is 9.59 Å². The highest BCUT2D eigenvalue weighted by Crippen LogP contribution is 2.66. The van der Waals surface area contributed by atoms with E-state index in [1.165, 1.54) is 38.5 Å². The summed E-state index contributed by atoms with van der Waals surface area (Å²) in [5.41, 5.74) is 1.29. The molecule has 0 heterocycles. The molecule has 4 fully saturated rings. The van der Waals surface area contributed by atoms with Gasteiger partial charge in [0.1, 0.15) is 6.10 Å². The van der Waals surface area contributed by atoms with Gasteiger partial charge in [0.2, 0.25) is 5.91 Å². The maximum atomic E-state index is 12.6. The third-order valence-electron chi connectivity index (χ3n) is 10.6. The summed E-state index contributed by atoms with van der Waals surface area (Å²) in [6.07, 6.45) is 11.3. The van der Waals surface area contributed by atoms with Gasteiger partial charge in [0.05, 0.1) is 5.56 Å². The van der Waals surface area contributed by atoms with Gasteiger partial charge in [-0.1, -0.05) is 39.0 Å². The number of carbonyl (C=O) groups is 2. The fourth-order valence-corrected chi connectivity index (χ4v) is 8.65.